The molecule has 3 nitrogen and oxygen atoms in total. The van der Waals surface area contributed by atoms with Crippen LogP contribution in [0.2, 0.25) is 0 Å². The summed E-state index contributed by atoms with van der Waals surface area (Å²) in [6.45, 7) is 4.82. The van der Waals surface area contributed by atoms with E-state index in [0.29, 0.717) is 12.5 Å². The Morgan fingerprint density at radius 1 is 1.32 bits per heavy atom. The Kier molecular flexibility index (Phi) is 3.27. The number of nitrogens with one attached hydrogen (secondary N) is 1. The van der Waals surface area contributed by atoms with Gasteiger partial charge in [-0.15, -0.1) is 0 Å². The highest BCUT2D eigenvalue weighted by Gasteiger charge is 2.24. The number of H-pyrrole nitrogens is 1. The summed E-state index contributed by atoms with van der Waals surface area (Å²) in [6, 6.07) is 10.8. The lowest BCUT2D eigenvalue weighted by Gasteiger charge is -2.30. The second kappa shape index (κ2) is 5.07. The third-order valence-electron chi connectivity index (χ3n) is 4.23. The van der Waals surface area contributed by atoms with Crippen molar-refractivity contribution in [1.29, 1.82) is 5.26 Å². The van der Waals surface area contributed by atoms with Gasteiger partial charge in [-0.2, -0.15) is 5.26 Å². The minimum Gasteiger partial charge on any atom is -0.358 e. The summed E-state index contributed by atoms with van der Waals surface area (Å²) in [5.41, 5.74) is 4.04. The molecule has 0 atom stereocenters. The van der Waals surface area contributed by atoms with Gasteiger partial charge in [0.25, 0.3) is 0 Å². The van der Waals surface area contributed by atoms with Crippen molar-refractivity contribution >= 4 is 10.9 Å². The molecule has 2 heterocycles. The van der Waals surface area contributed by atoms with E-state index in [1.807, 2.05) is 0 Å². The molecule has 0 bridgehead atoms. The topological polar surface area (TPSA) is 42.8 Å². The molecule has 0 aliphatic carbocycles. The SMILES string of the molecule is Cc1[nH]c2ccccc2c1C1CCN(CC#N)CC1. The number of piperidine rings is 1. The molecule has 2 aromatic rings. The average Bonchev–Trinajstić information content (AvgIpc) is 2.76. The largest absolute Gasteiger partial charge is 0.358 e. The fourth-order valence-corrected chi connectivity index (χ4v) is 3.30. The average molecular weight is 253 g/mol. The number of fused-ring (bicyclic) bond motifs is 1. The number of aryl methyl sites for hydroxylation is 1. The van der Waals surface area contributed by atoms with Gasteiger partial charge in [0.1, 0.15) is 0 Å². The molecular formula is C16H19N3. The number of para-hydroxylation sites is 1. The lowest BCUT2D eigenvalue weighted by atomic mass is 9.87. The Balaban J connectivity index is 1.86. The van der Waals surface area contributed by atoms with Crippen LogP contribution < -0.4 is 0 Å². The zero-order chi connectivity index (χ0) is 13.2. The molecule has 1 aliphatic heterocycles. The van der Waals surface area contributed by atoms with Gasteiger partial charge in [-0.1, -0.05) is 18.2 Å². The number of hydrogen-bond acceptors (Lipinski definition) is 2. The Labute approximate surface area is 113 Å². The zero-order valence-corrected chi connectivity index (χ0v) is 11.3. The highest BCUT2D eigenvalue weighted by atomic mass is 15.1. The molecule has 19 heavy (non-hydrogen) atoms. The second-order valence-corrected chi connectivity index (χ2v) is 5.42. The fraction of sp³-hybridized carbons (Fsp3) is 0.438. The van der Waals surface area contributed by atoms with Crippen molar-refractivity contribution in [3.8, 4) is 6.07 Å². The maximum Gasteiger partial charge on any atom is 0.0865 e. The lowest BCUT2D eigenvalue weighted by molar-refractivity contribution is 0.235. The van der Waals surface area contributed by atoms with Gasteiger partial charge >= 0.3 is 0 Å². The predicted molar refractivity (Wildman–Crippen MR) is 77.1 cm³/mol. The molecule has 1 N–H and O–H groups in total. The summed E-state index contributed by atoms with van der Waals surface area (Å²) < 4.78 is 0. The number of nitrogens with zero attached hydrogens (tertiary/aromatic N) is 2. The summed E-state index contributed by atoms with van der Waals surface area (Å²) in [5, 5.41) is 10.1. The van der Waals surface area contributed by atoms with E-state index in [4.69, 9.17) is 5.26 Å². The number of aromatic amines is 1. The fourth-order valence-electron chi connectivity index (χ4n) is 3.30. The quantitative estimate of drug-likeness (QED) is 0.835. The number of rotatable bonds is 2. The zero-order valence-electron chi connectivity index (χ0n) is 11.3. The van der Waals surface area contributed by atoms with E-state index in [-0.39, 0.29) is 0 Å². The molecule has 0 spiro atoms. The van der Waals surface area contributed by atoms with Crippen LogP contribution >= 0.6 is 0 Å². The first-order valence-electron chi connectivity index (χ1n) is 6.96. The van der Waals surface area contributed by atoms with Crippen molar-refractivity contribution in [2.24, 2.45) is 0 Å². The first kappa shape index (κ1) is 12.3. The number of nitriles is 1. The van der Waals surface area contributed by atoms with Crippen molar-refractivity contribution in [2.45, 2.75) is 25.7 Å². The van der Waals surface area contributed by atoms with Gasteiger partial charge in [-0.25, -0.2) is 0 Å². The van der Waals surface area contributed by atoms with Crippen molar-refractivity contribution < 1.29 is 0 Å². The van der Waals surface area contributed by atoms with E-state index < -0.39 is 0 Å². The van der Waals surface area contributed by atoms with Crippen molar-refractivity contribution in [2.75, 3.05) is 19.6 Å². The molecule has 1 aromatic carbocycles. The molecule has 1 aromatic heterocycles. The Hall–Kier alpha value is -1.79. The van der Waals surface area contributed by atoms with Gasteiger partial charge in [0, 0.05) is 16.6 Å². The van der Waals surface area contributed by atoms with Crippen molar-refractivity contribution in [1.82, 2.24) is 9.88 Å². The van der Waals surface area contributed by atoms with Crippen LogP contribution in [-0.4, -0.2) is 29.5 Å². The monoisotopic (exact) mass is 253 g/mol. The molecule has 3 heteroatoms. The predicted octanol–water partition coefficient (Wildman–Crippen LogP) is 3.18. The summed E-state index contributed by atoms with van der Waals surface area (Å²) in [5.74, 6) is 0.631. The van der Waals surface area contributed by atoms with Crippen LogP contribution in [0.1, 0.15) is 30.0 Å². The van der Waals surface area contributed by atoms with E-state index in [9.17, 15) is 0 Å². The van der Waals surface area contributed by atoms with E-state index in [2.05, 4.69) is 47.1 Å². The number of aromatic nitrogens is 1. The van der Waals surface area contributed by atoms with Crippen LogP contribution in [-0.2, 0) is 0 Å². The maximum absolute atomic E-state index is 8.76. The van der Waals surface area contributed by atoms with Gasteiger partial charge in [0.05, 0.1) is 12.6 Å². The van der Waals surface area contributed by atoms with Crippen LogP contribution in [0.25, 0.3) is 10.9 Å². The maximum atomic E-state index is 8.76. The first-order chi connectivity index (χ1) is 9.29. The van der Waals surface area contributed by atoms with Gasteiger partial charge in [-0.05, 0) is 50.4 Å². The summed E-state index contributed by atoms with van der Waals surface area (Å²) in [6.07, 6.45) is 2.31. The Morgan fingerprint density at radius 2 is 2.05 bits per heavy atom. The van der Waals surface area contributed by atoms with E-state index in [1.54, 1.807) is 0 Å². The molecule has 1 fully saturated rings. The van der Waals surface area contributed by atoms with Crippen LogP contribution in [0.4, 0.5) is 0 Å². The molecule has 3 rings (SSSR count). The van der Waals surface area contributed by atoms with Gasteiger partial charge in [0.2, 0.25) is 0 Å². The van der Waals surface area contributed by atoms with Crippen molar-refractivity contribution in [3.05, 3.63) is 35.5 Å². The molecule has 0 radical (unpaired) electrons. The number of benzene rings is 1. The standard InChI is InChI=1S/C16H19N3/c1-12-16(14-4-2-3-5-15(14)18-12)13-6-9-19(10-7-13)11-8-17/h2-5,13,18H,6-7,9-11H2,1H3. The Bertz CT molecular complexity index is 612. The number of likely N-dealkylation sites (tertiary alicyclic amines) is 1. The first-order valence-corrected chi connectivity index (χ1v) is 6.96. The summed E-state index contributed by atoms with van der Waals surface area (Å²) in [4.78, 5) is 5.75. The highest BCUT2D eigenvalue weighted by molar-refractivity contribution is 5.85. The third-order valence-corrected chi connectivity index (χ3v) is 4.23. The smallest absolute Gasteiger partial charge is 0.0865 e. The van der Waals surface area contributed by atoms with E-state index in [0.717, 1.165) is 25.9 Å². The molecule has 1 saturated heterocycles. The van der Waals surface area contributed by atoms with Crippen LogP contribution in [0.15, 0.2) is 24.3 Å². The lowest BCUT2D eigenvalue weighted by Crippen LogP contribution is -2.33. The molecule has 0 saturated carbocycles. The third kappa shape index (κ3) is 2.24. The summed E-state index contributed by atoms with van der Waals surface area (Å²) in [7, 11) is 0. The number of hydrogen-bond donors (Lipinski definition) is 1. The second-order valence-electron chi connectivity index (χ2n) is 5.42. The minimum absolute atomic E-state index is 0.569. The molecule has 98 valence electrons. The van der Waals surface area contributed by atoms with Gasteiger partial charge in [0.15, 0.2) is 0 Å². The summed E-state index contributed by atoms with van der Waals surface area (Å²) >= 11 is 0. The Morgan fingerprint density at radius 3 is 2.79 bits per heavy atom. The highest BCUT2D eigenvalue weighted by Crippen LogP contribution is 2.35. The molecule has 1 aliphatic rings. The van der Waals surface area contributed by atoms with Crippen molar-refractivity contribution in [3.63, 3.8) is 0 Å². The van der Waals surface area contributed by atoms with Gasteiger partial charge < -0.3 is 4.98 Å². The van der Waals surface area contributed by atoms with E-state index >= 15 is 0 Å². The minimum atomic E-state index is 0.569. The van der Waals surface area contributed by atoms with Crippen LogP contribution in [0.3, 0.4) is 0 Å². The molecular weight excluding hydrogens is 234 g/mol. The molecule has 0 unspecified atom stereocenters. The van der Waals surface area contributed by atoms with Gasteiger partial charge in [-0.3, -0.25) is 4.90 Å². The molecule has 0 amide bonds. The normalized spacial score (nSPS) is 17.7. The van der Waals surface area contributed by atoms with Crippen LogP contribution in [0, 0.1) is 18.3 Å². The van der Waals surface area contributed by atoms with Crippen LogP contribution in [0.5, 0.6) is 0 Å². The van der Waals surface area contributed by atoms with E-state index in [1.165, 1.54) is 22.2 Å².